The molecule has 92 valence electrons. The Labute approximate surface area is 102 Å². The van der Waals surface area contributed by atoms with Gasteiger partial charge in [0, 0.05) is 0 Å². The average molecular weight is 246 g/mol. The topological polar surface area (TPSA) is 118 Å². The maximum atomic E-state index is 10.6. The van der Waals surface area contributed by atoms with Gasteiger partial charge in [0.05, 0.1) is 11.8 Å². The second-order valence-electron chi connectivity index (χ2n) is 3.36. The van der Waals surface area contributed by atoms with Gasteiger partial charge in [-0.3, -0.25) is 0 Å². The van der Waals surface area contributed by atoms with Crippen molar-refractivity contribution < 1.29 is 9.90 Å². The molecule has 2 aromatic rings. The summed E-state index contributed by atoms with van der Waals surface area (Å²) in [6.07, 6.45) is 2.85. The number of nitrogens with two attached hydrogens (primary N) is 1. The Hall–Kier alpha value is -2.90. The van der Waals surface area contributed by atoms with Gasteiger partial charge in [0.15, 0.2) is 0 Å². The Bertz CT molecular complexity index is 574. The van der Waals surface area contributed by atoms with E-state index >= 15 is 0 Å². The lowest BCUT2D eigenvalue weighted by molar-refractivity contribution is 0.0697. The van der Waals surface area contributed by atoms with Crippen LogP contribution in [0.25, 0.3) is 0 Å². The number of nitrogens with zero attached hydrogens (tertiary/aromatic N) is 4. The normalized spacial score (nSPS) is 10.7. The summed E-state index contributed by atoms with van der Waals surface area (Å²) < 4.78 is 1.19. The number of anilines is 1. The van der Waals surface area contributed by atoms with E-state index in [2.05, 4.69) is 20.7 Å². The number of hydrogen-bond donors (Lipinski definition) is 3. The first-order valence-corrected chi connectivity index (χ1v) is 4.94. The summed E-state index contributed by atoms with van der Waals surface area (Å²) in [5, 5.41) is 19.9. The quantitative estimate of drug-likeness (QED) is 0.401. The largest absolute Gasteiger partial charge is 0.478 e. The Balaban J connectivity index is 2.01. The molecule has 0 atom stereocenters. The maximum absolute atomic E-state index is 10.6. The summed E-state index contributed by atoms with van der Waals surface area (Å²) >= 11 is 0. The zero-order valence-corrected chi connectivity index (χ0v) is 9.19. The van der Waals surface area contributed by atoms with Gasteiger partial charge in [-0.15, -0.1) is 10.2 Å². The lowest BCUT2D eigenvalue weighted by Crippen LogP contribution is -2.10. The molecule has 8 heteroatoms. The van der Waals surface area contributed by atoms with Gasteiger partial charge in [-0.25, -0.2) is 14.9 Å². The van der Waals surface area contributed by atoms with Crippen LogP contribution >= 0.6 is 0 Å². The molecule has 0 radical (unpaired) electrons. The molecule has 0 saturated heterocycles. The van der Waals surface area contributed by atoms with Crippen molar-refractivity contribution in [2.75, 3.05) is 11.3 Å². The van der Waals surface area contributed by atoms with E-state index in [0.717, 1.165) is 5.56 Å². The molecular weight excluding hydrogens is 236 g/mol. The zero-order chi connectivity index (χ0) is 13.0. The number of nitrogen functional groups attached to an aromatic ring is 1. The average Bonchev–Trinajstić information content (AvgIpc) is 2.76. The monoisotopic (exact) mass is 246 g/mol. The first-order valence-electron chi connectivity index (χ1n) is 4.94. The molecule has 18 heavy (non-hydrogen) atoms. The minimum absolute atomic E-state index is 0.224. The van der Waals surface area contributed by atoms with Gasteiger partial charge < -0.3 is 10.9 Å². The van der Waals surface area contributed by atoms with Crippen molar-refractivity contribution in [2.24, 2.45) is 5.10 Å². The van der Waals surface area contributed by atoms with Crippen LogP contribution in [-0.2, 0) is 0 Å². The van der Waals surface area contributed by atoms with Gasteiger partial charge in [-0.2, -0.15) is 5.10 Å². The SMILES string of the molecule is Nn1cnnc1N/N=C/c1ccc(C(=O)O)cc1. The first-order chi connectivity index (χ1) is 8.66. The van der Waals surface area contributed by atoms with E-state index in [1.54, 1.807) is 12.1 Å². The van der Waals surface area contributed by atoms with E-state index in [1.165, 1.54) is 29.4 Å². The number of hydrogen-bond acceptors (Lipinski definition) is 6. The van der Waals surface area contributed by atoms with Crippen molar-refractivity contribution in [2.45, 2.75) is 0 Å². The summed E-state index contributed by atoms with van der Waals surface area (Å²) in [5.41, 5.74) is 3.57. The number of carboxylic acid groups (broad SMARTS) is 1. The van der Waals surface area contributed by atoms with Crippen LogP contribution in [-0.4, -0.2) is 32.2 Å². The molecule has 1 heterocycles. The van der Waals surface area contributed by atoms with Crippen molar-refractivity contribution in [1.29, 1.82) is 0 Å². The van der Waals surface area contributed by atoms with Crippen LogP contribution in [0.1, 0.15) is 15.9 Å². The maximum Gasteiger partial charge on any atom is 0.335 e. The molecule has 0 spiro atoms. The van der Waals surface area contributed by atoms with Crippen LogP contribution in [0.15, 0.2) is 35.7 Å². The number of carboxylic acids is 1. The van der Waals surface area contributed by atoms with Crippen LogP contribution in [0.2, 0.25) is 0 Å². The summed E-state index contributed by atoms with van der Waals surface area (Å²) in [6, 6.07) is 6.27. The van der Waals surface area contributed by atoms with Gasteiger partial charge in [0.1, 0.15) is 6.33 Å². The van der Waals surface area contributed by atoms with Crippen LogP contribution in [0.4, 0.5) is 5.95 Å². The number of benzene rings is 1. The number of aromatic nitrogens is 3. The third kappa shape index (κ3) is 2.61. The molecule has 0 aliphatic heterocycles. The fraction of sp³-hybridized carbons (Fsp3) is 0. The third-order valence-corrected chi connectivity index (χ3v) is 2.11. The minimum atomic E-state index is -0.965. The number of carbonyl (C=O) groups is 1. The van der Waals surface area contributed by atoms with Crippen LogP contribution in [0, 0.1) is 0 Å². The van der Waals surface area contributed by atoms with E-state index < -0.39 is 5.97 Å². The minimum Gasteiger partial charge on any atom is -0.478 e. The molecule has 2 rings (SSSR count). The Morgan fingerprint density at radius 2 is 2.17 bits per heavy atom. The Kier molecular flexibility index (Phi) is 3.19. The lowest BCUT2D eigenvalue weighted by atomic mass is 10.1. The molecule has 1 aromatic carbocycles. The molecule has 0 saturated carbocycles. The summed E-state index contributed by atoms with van der Waals surface area (Å²) in [6.45, 7) is 0. The molecule has 8 nitrogen and oxygen atoms in total. The summed E-state index contributed by atoms with van der Waals surface area (Å²) in [5.74, 6) is 4.80. The predicted octanol–water partition coefficient (Wildman–Crippen LogP) is 0.136. The number of rotatable bonds is 4. The number of aromatic carboxylic acids is 1. The second-order valence-corrected chi connectivity index (χ2v) is 3.36. The van der Waals surface area contributed by atoms with E-state index in [4.69, 9.17) is 10.9 Å². The standard InChI is InChI=1S/C10H10N6O2/c11-16-6-13-15-10(16)14-12-5-7-1-3-8(4-2-7)9(17)18/h1-6H,11H2,(H,14,15)(H,17,18)/b12-5+. The summed E-state index contributed by atoms with van der Waals surface area (Å²) in [4.78, 5) is 10.6. The van der Waals surface area contributed by atoms with Crippen LogP contribution < -0.4 is 11.3 Å². The van der Waals surface area contributed by atoms with Crippen molar-refractivity contribution >= 4 is 18.1 Å². The molecule has 4 N–H and O–H groups in total. The molecule has 0 unspecified atom stereocenters. The van der Waals surface area contributed by atoms with Crippen LogP contribution in [0.5, 0.6) is 0 Å². The lowest BCUT2D eigenvalue weighted by Gasteiger charge is -1.98. The Morgan fingerprint density at radius 3 is 2.72 bits per heavy atom. The predicted molar refractivity (Wildman–Crippen MR) is 64.8 cm³/mol. The van der Waals surface area contributed by atoms with Gasteiger partial charge in [-0.1, -0.05) is 12.1 Å². The van der Waals surface area contributed by atoms with E-state index in [-0.39, 0.29) is 5.56 Å². The molecule has 0 amide bonds. The summed E-state index contributed by atoms with van der Waals surface area (Å²) in [7, 11) is 0. The molecule has 0 aliphatic carbocycles. The molecule has 1 aromatic heterocycles. The van der Waals surface area contributed by atoms with Gasteiger partial charge in [0.25, 0.3) is 5.95 Å². The highest BCUT2D eigenvalue weighted by Crippen LogP contribution is 2.02. The highest BCUT2D eigenvalue weighted by atomic mass is 16.4. The zero-order valence-electron chi connectivity index (χ0n) is 9.19. The fourth-order valence-corrected chi connectivity index (χ4v) is 1.20. The third-order valence-electron chi connectivity index (χ3n) is 2.11. The molecule has 0 fully saturated rings. The van der Waals surface area contributed by atoms with Gasteiger partial charge in [0.2, 0.25) is 0 Å². The van der Waals surface area contributed by atoms with Crippen molar-refractivity contribution in [1.82, 2.24) is 14.9 Å². The molecular formula is C10H10N6O2. The van der Waals surface area contributed by atoms with Crippen molar-refractivity contribution in [3.63, 3.8) is 0 Å². The molecule has 0 bridgehead atoms. The Morgan fingerprint density at radius 1 is 1.44 bits per heavy atom. The highest BCUT2D eigenvalue weighted by Gasteiger charge is 2.00. The van der Waals surface area contributed by atoms with Gasteiger partial charge in [-0.05, 0) is 17.7 Å². The number of hydrazone groups is 1. The smallest absolute Gasteiger partial charge is 0.335 e. The number of nitrogens with one attached hydrogen (secondary N) is 1. The molecule has 0 aliphatic rings. The van der Waals surface area contributed by atoms with E-state index in [0.29, 0.717) is 5.95 Å². The van der Waals surface area contributed by atoms with E-state index in [9.17, 15) is 4.79 Å². The first kappa shape index (κ1) is 11.6. The van der Waals surface area contributed by atoms with Crippen molar-refractivity contribution in [3.05, 3.63) is 41.7 Å². The second kappa shape index (κ2) is 4.95. The van der Waals surface area contributed by atoms with E-state index in [1.807, 2.05) is 0 Å². The van der Waals surface area contributed by atoms with Crippen LogP contribution in [0.3, 0.4) is 0 Å². The fourth-order valence-electron chi connectivity index (χ4n) is 1.20. The van der Waals surface area contributed by atoms with Crippen molar-refractivity contribution in [3.8, 4) is 0 Å². The highest BCUT2D eigenvalue weighted by molar-refractivity contribution is 5.89. The van der Waals surface area contributed by atoms with Gasteiger partial charge >= 0.3 is 5.97 Å².